The average Bonchev–Trinajstić information content (AvgIpc) is 3.06. The average molecular weight is 415 g/mol. The molecule has 0 bridgehead atoms. The molecule has 0 saturated carbocycles. The van der Waals surface area contributed by atoms with E-state index in [1.165, 1.54) is 12.8 Å². The standard InChI is InChI=1S/C24H34N2O4/c1-19(27)6-7-20-8-10-22(11-9-20)30-18-23(28)25-16-12-21(13-17-25)24(29)26-14-4-2-3-5-15-26/h8-11,21H,2-7,12-18H2,1H3. The number of ketones is 1. The number of ether oxygens (including phenoxy) is 1. The van der Waals surface area contributed by atoms with Crippen molar-refractivity contribution in [1.82, 2.24) is 9.80 Å². The smallest absolute Gasteiger partial charge is 0.260 e. The molecule has 6 nitrogen and oxygen atoms in total. The monoisotopic (exact) mass is 414 g/mol. The van der Waals surface area contributed by atoms with Crippen LogP contribution in [-0.4, -0.2) is 60.2 Å². The Balaban J connectivity index is 1.39. The number of likely N-dealkylation sites (tertiary alicyclic amines) is 2. The summed E-state index contributed by atoms with van der Waals surface area (Å²) >= 11 is 0. The van der Waals surface area contributed by atoms with E-state index in [1.807, 2.05) is 34.1 Å². The fourth-order valence-electron chi connectivity index (χ4n) is 4.23. The molecule has 0 radical (unpaired) electrons. The third kappa shape index (κ3) is 6.57. The number of piperidine rings is 1. The Kier molecular flexibility index (Phi) is 8.29. The van der Waals surface area contributed by atoms with Crippen LogP contribution in [0.1, 0.15) is 57.4 Å². The second-order valence-electron chi connectivity index (χ2n) is 8.53. The van der Waals surface area contributed by atoms with Gasteiger partial charge in [-0.3, -0.25) is 9.59 Å². The molecule has 2 fully saturated rings. The van der Waals surface area contributed by atoms with Crippen molar-refractivity contribution in [2.45, 2.75) is 58.3 Å². The van der Waals surface area contributed by atoms with Gasteiger partial charge in [0.25, 0.3) is 5.91 Å². The van der Waals surface area contributed by atoms with Crippen molar-refractivity contribution in [2.75, 3.05) is 32.8 Å². The van der Waals surface area contributed by atoms with E-state index in [0.717, 1.165) is 50.8 Å². The Bertz CT molecular complexity index is 715. The van der Waals surface area contributed by atoms with Gasteiger partial charge in [-0.15, -0.1) is 0 Å². The Hall–Kier alpha value is -2.37. The summed E-state index contributed by atoms with van der Waals surface area (Å²) in [6.45, 7) is 4.62. The third-order valence-corrected chi connectivity index (χ3v) is 6.17. The maximum Gasteiger partial charge on any atom is 0.260 e. The van der Waals surface area contributed by atoms with Crippen LogP contribution in [0.2, 0.25) is 0 Å². The lowest BCUT2D eigenvalue weighted by molar-refractivity contribution is -0.141. The molecule has 0 aliphatic carbocycles. The molecule has 0 aromatic heterocycles. The summed E-state index contributed by atoms with van der Waals surface area (Å²) in [6, 6.07) is 7.55. The molecule has 0 atom stereocenters. The van der Waals surface area contributed by atoms with Crippen molar-refractivity contribution in [3.8, 4) is 5.75 Å². The van der Waals surface area contributed by atoms with E-state index in [2.05, 4.69) is 0 Å². The van der Waals surface area contributed by atoms with E-state index in [0.29, 0.717) is 25.3 Å². The molecule has 3 rings (SSSR count). The molecule has 1 aromatic carbocycles. The predicted octanol–water partition coefficient (Wildman–Crippen LogP) is 3.23. The van der Waals surface area contributed by atoms with E-state index in [4.69, 9.17) is 4.74 Å². The lowest BCUT2D eigenvalue weighted by Crippen LogP contribution is -2.45. The second-order valence-corrected chi connectivity index (χ2v) is 8.53. The van der Waals surface area contributed by atoms with Gasteiger partial charge < -0.3 is 19.3 Å². The maximum absolute atomic E-state index is 12.8. The Labute approximate surface area is 179 Å². The van der Waals surface area contributed by atoms with Crippen molar-refractivity contribution in [3.05, 3.63) is 29.8 Å². The van der Waals surface area contributed by atoms with Crippen LogP contribution in [0.15, 0.2) is 24.3 Å². The minimum Gasteiger partial charge on any atom is -0.484 e. The number of Topliss-reactive ketones (excluding diaryl/α,β-unsaturated/α-hetero) is 1. The highest BCUT2D eigenvalue weighted by Gasteiger charge is 2.30. The zero-order chi connectivity index (χ0) is 21.3. The second kappa shape index (κ2) is 11.1. The first-order valence-corrected chi connectivity index (χ1v) is 11.3. The highest BCUT2D eigenvalue weighted by Crippen LogP contribution is 2.22. The van der Waals surface area contributed by atoms with Gasteiger partial charge in [-0.25, -0.2) is 0 Å². The van der Waals surface area contributed by atoms with E-state index in [-0.39, 0.29) is 30.1 Å². The number of aryl methyl sites for hydroxylation is 1. The summed E-state index contributed by atoms with van der Waals surface area (Å²) in [5.74, 6) is 1.14. The molecule has 2 saturated heterocycles. The van der Waals surface area contributed by atoms with Crippen LogP contribution in [0.5, 0.6) is 5.75 Å². The quantitative estimate of drug-likeness (QED) is 0.687. The van der Waals surface area contributed by atoms with Crippen LogP contribution >= 0.6 is 0 Å². The topological polar surface area (TPSA) is 66.9 Å². The van der Waals surface area contributed by atoms with Crippen LogP contribution < -0.4 is 4.74 Å². The first-order chi connectivity index (χ1) is 14.5. The van der Waals surface area contributed by atoms with E-state index in [9.17, 15) is 14.4 Å². The van der Waals surface area contributed by atoms with Gasteiger partial charge in [-0.05, 0) is 56.7 Å². The maximum atomic E-state index is 12.8. The zero-order valence-electron chi connectivity index (χ0n) is 18.1. The van der Waals surface area contributed by atoms with Gasteiger partial charge in [0.15, 0.2) is 6.61 Å². The lowest BCUT2D eigenvalue weighted by atomic mass is 9.95. The fraction of sp³-hybridized carbons (Fsp3) is 0.625. The number of rotatable bonds is 7. The third-order valence-electron chi connectivity index (χ3n) is 6.17. The summed E-state index contributed by atoms with van der Waals surface area (Å²) in [5, 5.41) is 0. The van der Waals surface area contributed by atoms with E-state index >= 15 is 0 Å². The summed E-state index contributed by atoms with van der Waals surface area (Å²) in [6.07, 6.45) is 7.40. The van der Waals surface area contributed by atoms with E-state index in [1.54, 1.807) is 6.92 Å². The van der Waals surface area contributed by atoms with Gasteiger partial charge >= 0.3 is 0 Å². The number of carbonyl (C=O) groups excluding carboxylic acids is 3. The number of benzene rings is 1. The summed E-state index contributed by atoms with van der Waals surface area (Å²) in [4.78, 5) is 40.2. The first kappa shape index (κ1) is 22.3. The molecule has 0 spiro atoms. The van der Waals surface area contributed by atoms with Crippen molar-refractivity contribution < 1.29 is 19.1 Å². The predicted molar refractivity (Wildman–Crippen MR) is 115 cm³/mol. The van der Waals surface area contributed by atoms with Crippen LogP contribution in [-0.2, 0) is 20.8 Å². The highest BCUT2D eigenvalue weighted by atomic mass is 16.5. The minimum atomic E-state index is -0.0312. The molecule has 30 heavy (non-hydrogen) atoms. The fourth-order valence-corrected chi connectivity index (χ4v) is 4.23. The Morgan fingerprint density at radius 2 is 1.53 bits per heavy atom. The Morgan fingerprint density at radius 1 is 0.900 bits per heavy atom. The van der Waals surface area contributed by atoms with Crippen molar-refractivity contribution >= 4 is 17.6 Å². The first-order valence-electron chi connectivity index (χ1n) is 11.3. The van der Waals surface area contributed by atoms with Crippen LogP contribution in [0.25, 0.3) is 0 Å². The van der Waals surface area contributed by atoms with Crippen molar-refractivity contribution in [1.29, 1.82) is 0 Å². The van der Waals surface area contributed by atoms with Gasteiger partial charge in [0.05, 0.1) is 0 Å². The Morgan fingerprint density at radius 3 is 2.13 bits per heavy atom. The van der Waals surface area contributed by atoms with Gasteiger partial charge in [0.2, 0.25) is 5.91 Å². The van der Waals surface area contributed by atoms with Crippen LogP contribution in [0, 0.1) is 5.92 Å². The zero-order valence-corrected chi connectivity index (χ0v) is 18.1. The molecule has 6 heteroatoms. The minimum absolute atomic E-state index is 0.0114. The molecule has 0 N–H and O–H groups in total. The molecular weight excluding hydrogens is 380 g/mol. The number of amides is 2. The number of nitrogens with zero attached hydrogens (tertiary/aromatic N) is 2. The number of hydrogen-bond acceptors (Lipinski definition) is 4. The van der Waals surface area contributed by atoms with Gasteiger partial charge in [0, 0.05) is 38.5 Å². The molecular formula is C24H34N2O4. The molecule has 2 aliphatic rings. The lowest BCUT2D eigenvalue weighted by Gasteiger charge is -2.34. The largest absolute Gasteiger partial charge is 0.484 e. The molecule has 1 aromatic rings. The molecule has 2 aliphatic heterocycles. The molecule has 2 heterocycles. The molecule has 164 valence electrons. The number of hydrogen-bond donors (Lipinski definition) is 0. The number of carbonyl (C=O) groups is 3. The van der Waals surface area contributed by atoms with Crippen molar-refractivity contribution in [2.24, 2.45) is 5.92 Å². The van der Waals surface area contributed by atoms with Gasteiger partial charge in [-0.2, -0.15) is 0 Å². The normalized spacial score (nSPS) is 18.0. The van der Waals surface area contributed by atoms with Gasteiger partial charge in [-0.1, -0.05) is 25.0 Å². The van der Waals surface area contributed by atoms with Gasteiger partial charge in [0.1, 0.15) is 11.5 Å². The van der Waals surface area contributed by atoms with Crippen LogP contribution in [0.3, 0.4) is 0 Å². The van der Waals surface area contributed by atoms with Crippen molar-refractivity contribution in [3.63, 3.8) is 0 Å². The summed E-state index contributed by atoms with van der Waals surface area (Å²) in [7, 11) is 0. The molecule has 2 amide bonds. The molecule has 0 unspecified atom stereocenters. The van der Waals surface area contributed by atoms with E-state index < -0.39 is 0 Å². The summed E-state index contributed by atoms with van der Waals surface area (Å²) < 4.78 is 5.65. The summed E-state index contributed by atoms with van der Waals surface area (Å²) in [5.41, 5.74) is 1.08. The highest BCUT2D eigenvalue weighted by molar-refractivity contribution is 5.80. The van der Waals surface area contributed by atoms with Crippen LogP contribution in [0.4, 0.5) is 0 Å². The SMILES string of the molecule is CC(=O)CCc1ccc(OCC(=O)N2CCC(C(=O)N3CCCCCC3)CC2)cc1.